The van der Waals surface area contributed by atoms with E-state index in [2.05, 4.69) is 10.6 Å². The van der Waals surface area contributed by atoms with Crippen molar-refractivity contribution in [3.63, 3.8) is 0 Å². The molecule has 1 aromatic carbocycles. The summed E-state index contributed by atoms with van der Waals surface area (Å²) in [7, 11) is 0. The Morgan fingerprint density at radius 1 is 1.65 bits per heavy atom. The van der Waals surface area contributed by atoms with Crippen LogP contribution in [-0.2, 0) is 4.79 Å². The van der Waals surface area contributed by atoms with Crippen molar-refractivity contribution in [1.82, 2.24) is 5.32 Å². The molecule has 1 unspecified atom stereocenters. The fraction of sp³-hybridized carbons (Fsp3) is 0.273. The summed E-state index contributed by atoms with van der Waals surface area (Å²) in [5, 5.41) is 14.4. The lowest BCUT2D eigenvalue weighted by molar-refractivity contribution is -0.117. The van der Waals surface area contributed by atoms with Crippen LogP contribution in [0.3, 0.4) is 0 Å². The largest absolute Gasteiger partial charge is 0.325 e. The summed E-state index contributed by atoms with van der Waals surface area (Å²) in [4.78, 5) is 11.7. The summed E-state index contributed by atoms with van der Waals surface area (Å²) in [6, 6.07) is 5.45. The number of nitriles is 1. The normalized spacial score (nSPS) is 18.7. The highest BCUT2D eigenvalue weighted by molar-refractivity contribution is 7.99. The number of nitrogens with zero attached hydrogens (tertiary/aromatic N) is 1. The van der Waals surface area contributed by atoms with Gasteiger partial charge in [0.05, 0.1) is 11.6 Å². The van der Waals surface area contributed by atoms with Gasteiger partial charge in [-0.2, -0.15) is 5.26 Å². The third kappa shape index (κ3) is 2.75. The van der Waals surface area contributed by atoms with Gasteiger partial charge >= 0.3 is 0 Å². The molecule has 2 rings (SSSR count). The van der Waals surface area contributed by atoms with Gasteiger partial charge in [-0.15, -0.1) is 11.8 Å². The zero-order chi connectivity index (χ0) is 12.3. The van der Waals surface area contributed by atoms with E-state index in [9.17, 15) is 9.18 Å². The van der Waals surface area contributed by atoms with Crippen molar-refractivity contribution >= 4 is 23.4 Å². The van der Waals surface area contributed by atoms with Crippen molar-refractivity contribution in [2.75, 3.05) is 16.9 Å². The number of hydrogen-bond acceptors (Lipinski definition) is 4. The number of amides is 1. The molecule has 0 saturated carbocycles. The van der Waals surface area contributed by atoms with Crippen molar-refractivity contribution in [2.24, 2.45) is 0 Å². The molecule has 88 valence electrons. The Morgan fingerprint density at radius 3 is 3.12 bits per heavy atom. The summed E-state index contributed by atoms with van der Waals surface area (Å²) in [6.45, 7) is 0. The van der Waals surface area contributed by atoms with Crippen LogP contribution in [0.5, 0.6) is 0 Å². The number of anilines is 1. The second-order valence-corrected chi connectivity index (χ2v) is 4.60. The van der Waals surface area contributed by atoms with Crippen LogP contribution in [0.25, 0.3) is 0 Å². The first-order chi connectivity index (χ1) is 8.20. The van der Waals surface area contributed by atoms with Gasteiger partial charge in [0.15, 0.2) is 0 Å². The molecule has 0 aliphatic carbocycles. The lowest BCUT2D eigenvalue weighted by Crippen LogP contribution is -2.37. The Bertz CT molecular complexity index is 480. The molecule has 1 heterocycles. The molecule has 1 aliphatic heterocycles. The minimum atomic E-state index is -0.583. The minimum Gasteiger partial charge on any atom is -0.325 e. The number of hydrogen-bond donors (Lipinski definition) is 2. The lowest BCUT2D eigenvalue weighted by atomic mass is 10.2. The van der Waals surface area contributed by atoms with Gasteiger partial charge in [0.2, 0.25) is 5.91 Å². The minimum absolute atomic E-state index is 0.0726. The van der Waals surface area contributed by atoms with E-state index in [0.717, 1.165) is 11.6 Å². The molecule has 0 radical (unpaired) electrons. The molecular formula is C11H10FN3OS. The maximum Gasteiger partial charge on any atom is 0.242 e. The molecule has 4 nitrogen and oxygen atoms in total. The number of halogens is 1. The number of thioether (sulfide) groups is 1. The summed E-state index contributed by atoms with van der Waals surface area (Å²) < 4.78 is 13.1. The Balaban J connectivity index is 2.08. The van der Waals surface area contributed by atoms with Gasteiger partial charge in [0.25, 0.3) is 0 Å². The molecule has 0 aromatic heterocycles. The van der Waals surface area contributed by atoms with Crippen LogP contribution in [0, 0.1) is 17.1 Å². The molecule has 0 spiro atoms. The molecule has 17 heavy (non-hydrogen) atoms. The average molecular weight is 251 g/mol. The zero-order valence-electron chi connectivity index (χ0n) is 8.87. The van der Waals surface area contributed by atoms with Crippen LogP contribution in [0.4, 0.5) is 10.1 Å². The standard InChI is InChI=1S/C11H10FN3OS/c12-9-2-1-8(3-7(9)4-13)15-11(16)10-5-17-6-14-10/h1-3,10,14H,5-6H2,(H,15,16). The van der Waals surface area contributed by atoms with Gasteiger partial charge in [-0.3, -0.25) is 10.1 Å². The van der Waals surface area contributed by atoms with E-state index in [4.69, 9.17) is 5.26 Å². The van der Waals surface area contributed by atoms with Gasteiger partial charge < -0.3 is 5.32 Å². The van der Waals surface area contributed by atoms with Gasteiger partial charge in [0.1, 0.15) is 11.9 Å². The molecule has 1 aliphatic rings. The number of nitrogens with one attached hydrogen (secondary N) is 2. The van der Waals surface area contributed by atoms with Crippen molar-refractivity contribution in [2.45, 2.75) is 6.04 Å². The third-order valence-corrected chi connectivity index (χ3v) is 3.33. The maximum atomic E-state index is 13.1. The second-order valence-electron chi connectivity index (χ2n) is 3.57. The third-order valence-electron chi connectivity index (χ3n) is 2.39. The predicted octanol–water partition coefficient (Wildman–Crippen LogP) is 1.30. The van der Waals surface area contributed by atoms with E-state index in [-0.39, 0.29) is 17.5 Å². The Kier molecular flexibility index (Phi) is 3.61. The maximum absolute atomic E-state index is 13.1. The number of carbonyl (C=O) groups is 1. The lowest BCUT2D eigenvalue weighted by Gasteiger charge is -2.10. The fourth-order valence-corrected chi connectivity index (χ4v) is 2.42. The molecule has 1 atom stereocenters. The Hall–Kier alpha value is -1.58. The number of rotatable bonds is 2. The summed E-state index contributed by atoms with van der Waals surface area (Å²) >= 11 is 1.65. The van der Waals surface area contributed by atoms with Crippen molar-refractivity contribution < 1.29 is 9.18 Å². The van der Waals surface area contributed by atoms with Crippen LogP contribution in [0.15, 0.2) is 18.2 Å². The topological polar surface area (TPSA) is 64.9 Å². The highest BCUT2D eigenvalue weighted by Crippen LogP contribution is 2.16. The van der Waals surface area contributed by atoms with E-state index in [1.54, 1.807) is 17.8 Å². The smallest absolute Gasteiger partial charge is 0.242 e. The highest BCUT2D eigenvalue weighted by atomic mass is 32.2. The van der Waals surface area contributed by atoms with Crippen LogP contribution in [0.1, 0.15) is 5.56 Å². The molecule has 2 N–H and O–H groups in total. The quantitative estimate of drug-likeness (QED) is 0.831. The monoisotopic (exact) mass is 251 g/mol. The van der Waals surface area contributed by atoms with Crippen LogP contribution in [-0.4, -0.2) is 23.6 Å². The Labute approximate surface area is 102 Å². The predicted molar refractivity (Wildman–Crippen MR) is 64.0 cm³/mol. The zero-order valence-corrected chi connectivity index (χ0v) is 9.68. The van der Waals surface area contributed by atoms with Crippen LogP contribution >= 0.6 is 11.8 Å². The van der Waals surface area contributed by atoms with Gasteiger partial charge in [-0.05, 0) is 18.2 Å². The molecule has 1 aromatic rings. The summed E-state index contributed by atoms with van der Waals surface area (Å²) in [5.74, 6) is 0.730. The first-order valence-electron chi connectivity index (χ1n) is 5.02. The molecule has 6 heteroatoms. The first kappa shape index (κ1) is 11.9. The highest BCUT2D eigenvalue weighted by Gasteiger charge is 2.22. The second kappa shape index (κ2) is 5.17. The van der Waals surface area contributed by atoms with E-state index < -0.39 is 5.82 Å². The van der Waals surface area contributed by atoms with Crippen LogP contribution < -0.4 is 10.6 Å². The fourth-order valence-electron chi connectivity index (χ4n) is 1.48. The van der Waals surface area contributed by atoms with Gasteiger partial charge in [-0.25, -0.2) is 4.39 Å². The average Bonchev–Trinajstić information content (AvgIpc) is 2.85. The first-order valence-corrected chi connectivity index (χ1v) is 6.18. The number of carbonyl (C=O) groups excluding carboxylic acids is 1. The molecule has 1 amide bonds. The van der Waals surface area contributed by atoms with E-state index in [0.29, 0.717) is 5.69 Å². The van der Waals surface area contributed by atoms with Crippen molar-refractivity contribution in [1.29, 1.82) is 5.26 Å². The van der Waals surface area contributed by atoms with E-state index in [1.807, 2.05) is 0 Å². The SMILES string of the molecule is N#Cc1cc(NC(=O)C2CSCN2)ccc1F. The van der Waals surface area contributed by atoms with Crippen LogP contribution in [0.2, 0.25) is 0 Å². The van der Waals surface area contributed by atoms with Crippen molar-refractivity contribution in [3.05, 3.63) is 29.6 Å². The van der Waals surface area contributed by atoms with Gasteiger partial charge in [-0.1, -0.05) is 0 Å². The van der Waals surface area contributed by atoms with Gasteiger partial charge in [0, 0.05) is 17.3 Å². The molecule has 1 saturated heterocycles. The Morgan fingerprint density at radius 2 is 2.47 bits per heavy atom. The van der Waals surface area contributed by atoms with E-state index in [1.165, 1.54) is 18.2 Å². The summed E-state index contributed by atoms with van der Waals surface area (Å²) in [6.07, 6.45) is 0. The van der Waals surface area contributed by atoms with E-state index >= 15 is 0 Å². The summed E-state index contributed by atoms with van der Waals surface area (Å²) in [5.41, 5.74) is 0.364. The molecular weight excluding hydrogens is 241 g/mol. The van der Waals surface area contributed by atoms with Crippen molar-refractivity contribution in [3.8, 4) is 6.07 Å². The molecule has 0 bridgehead atoms. The number of benzene rings is 1. The molecule has 1 fully saturated rings.